The fourth-order valence-corrected chi connectivity index (χ4v) is 2.45. The van der Waals surface area contributed by atoms with Crippen molar-refractivity contribution in [3.63, 3.8) is 0 Å². The van der Waals surface area contributed by atoms with E-state index in [9.17, 15) is 10.1 Å². The van der Waals surface area contributed by atoms with Crippen LogP contribution in [0, 0.1) is 11.3 Å². The summed E-state index contributed by atoms with van der Waals surface area (Å²) in [5, 5.41) is 9.52. The highest BCUT2D eigenvalue weighted by Gasteiger charge is 2.11. The first-order valence-electron chi connectivity index (χ1n) is 8.10. The van der Waals surface area contributed by atoms with Gasteiger partial charge in [-0.25, -0.2) is 4.98 Å². The molecule has 0 saturated heterocycles. The van der Waals surface area contributed by atoms with Gasteiger partial charge in [0.15, 0.2) is 11.5 Å². The Kier molecular flexibility index (Phi) is 4.99. The Hall–Kier alpha value is -3.59. The zero-order valence-corrected chi connectivity index (χ0v) is 14.4. The van der Waals surface area contributed by atoms with E-state index in [0.717, 1.165) is 16.6 Å². The zero-order valence-electron chi connectivity index (χ0n) is 14.4. The van der Waals surface area contributed by atoms with Gasteiger partial charge in [0.25, 0.3) is 0 Å². The second-order valence-corrected chi connectivity index (χ2v) is 5.51. The number of carbonyl (C=O) groups is 1. The third kappa shape index (κ3) is 3.57. The fraction of sp³-hybridized carbons (Fsp3) is 0.150. The van der Waals surface area contributed by atoms with Gasteiger partial charge in [-0.1, -0.05) is 25.1 Å². The van der Waals surface area contributed by atoms with E-state index < -0.39 is 0 Å². The molecule has 1 aromatic heterocycles. The van der Waals surface area contributed by atoms with Gasteiger partial charge in [0.1, 0.15) is 11.9 Å². The highest BCUT2D eigenvalue weighted by atomic mass is 16.6. The number of imidazole rings is 1. The number of rotatable bonds is 5. The summed E-state index contributed by atoms with van der Waals surface area (Å²) in [6.07, 6.45) is 1.97. The van der Waals surface area contributed by atoms with Crippen LogP contribution in [0.3, 0.4) is 0 Å². The van der Waals surface area contributed by atoms with Crippen LogP contribution in [-0.4, -0.2) is 23.0 Å². The molecule has 0 unspecified atom stereocenters. The van der Waals surface area contributed by atoms with Crippen LogP contribution in [0.25, 0.3) is 22.7 Å². The van der Waals surface area contributed by atoms with Crippen molar-refractivity contribution in [3.8, 4) is 17.6 Å². The van der Waals surface area contributed by atoms with E-state index in [1.807, 2.05) is 24.3 Å². The van der Waals surface area contributed by atoms with Crippen LogP contribution >= 0.6 is 0 Å². The van der Waals surface area contributed by atoms with E-state index in [-0.39, 0.29) is 12.4 Å². The number of H-pyrrole nitrogens is 1. The van der Waals surface area contributed by atoms with E-state index in [1.165, 1.54) is 7.11 Å². The number of ether oxygens (including phenoxy) is 2. The number of nitrogens with zero attached hydrogens (tertiary/aromatic N) is 2. The minimum atomic E-state index is -0.341. The molecule has 6 heteroatoms. The SMILES string of the molecule is CCC(=O)Oc1ccc(C=C(C#N)c2nc3ccccc3[nH]2)cc1OC. The molecule has 2 aromatic carbocycles. The highest BCUT2D eigenvalue weighted by Crippen LogP contribution is 2.30. The lowest BCUT2D eigenvalue weighted by atomic mass is 10.1. The van der Waals surface area contributed by atoms with Crippen molar-refractivity contribution in [1.29, 1.82) is 5.26 Å². The van der Waals surface area contributed by atoms with Crippen LogP contribution in [-0.2, 0) is 4.79 Å². The van der Waals surface area contributed by atoms with E-state index >= 15 is 0 Å². The average molecular weight is 347 g/mol. The van der Waals surface area contributed by atoms with Crippen LogP contribution in [0.1, 0.15) is 24.7 Å². The quantitative estimate of drug-likeness (QED) is 0.429. The molecular formula is C20H17N3O3. The first-order chi connectivity index (χ1) is 12.6. The molecule has 0 radical (unpaired) electrons. The summed E-state index contributed by atoms with van der Waals surface area (Å²) in [6, 6.07) is 14.8. The van der Waals surface area contributed by atoms with Gasteiger partial charge in [0.2, 0.25) is 0 Å². The van der Waals surface area contributed by atoms with Crippen molar-refractivity contribution >= 4 is 28.7 Å². The molecule has 0 aliphatic carbocycles. The Labute approximate surface area is 150 Å². The Bertz CT molecular complexity index is 995. The fourth-order valence-electron chi connectivity index (χ4n) is 2.45. The number of fused-ring (bicyclic) bond motifs is 1. The maximum absolute atomic E-state index is 11.5. The molecule has 3 aromatic rings. The molecule has 0 fully saturated rings. The normalized spacial score (nSPS) is 11.2. The molecular weight excluding hydrogens is 330 g/mol. The monoisotopic (exact) mass is 347 g/mol. The first-order valence-corrected chi connectivity index (χ1v) is 8.10. The van der Waals surface area contributed by atoms with Crippen molar-refractivity contribution < 1.29 is 14.3 Å². The van der Waals surface area contributed by atoms with Crippen molar-refractivity contribution in [2.24, 2.45) is 0 Å². The van der Waals surface area contributed by atoms with Crippen LogP contribution in [0.2, 0.25) is 0 Å². The molecule has 0 saturated carbocycles. The van der Waals surface area contributed by atoms with Gasteiger partial charge in [0, 0.05) is 6.42 Å². The molecule has 0 amide bonds. The second kappa shape index (κ2) is 7.53. The first kappa shape index (κ1) is 17.2. The number of aromatic nitrogens is 2. The number of nitriles is 1. The molecule has 0 aliphatic rings. The van der Waals surface area contributed by atoms with Crippen LogP contribution in [0.15, 0.2) is 42.5 Å². The van der Waals surface area contributed by atoms with Crippen molar-refractivity contribution in [1.82, 2.24) is 9.97 Å². The van der Waals surface area contributed by atoms with Crippen molar-refractivity contribution in [2.45, 2.75) is 13.3 Å². The molecule has 0 aliphatic heterocycles. The third-order valence-corrected chi connectivity index (χ3v) is 3.78. The number of esters is 1. The van der Waals surface area contributed by atoms with E-state index in [0.29, 0.717) is 22.9 Å². The summed E-state index contributed by atoms with van der Waals surface area (Å²) in [4.78, 5) is 19.1. The predicted molar refractivity (Wildman–Crippen MR) is 98.5 cm³/mol. The lowest BCUT2D eigenvalue weighted by Gasteiger charge is -2.09. The van der Waals surface area contributed by atoms with Crippen LogP contribution in [0.5, 0.6) is 11.5 Å². The number of nitrogens with one attached hydrogen (secondary N) is 1. The molecule has 0 spiro atoms. The Morgan fingerprint density at radius 3 is 2.77 bits per heavy atom. The third-order valence-electron chi connectivity index (χ3n) is 3.78. The number of aromatic amines is 1. The lowest BCUT2D eigenvalue weighted by molar-refractivity contribution is -0.134. The number of hydrogen-bond donors (Lipinski definition) is 1. The van der Waals surface area contributed by atoms with Gasteiger partial charge in [-0.05, 0) is 35.9 Å². The molecule has 1 heterocycles. The van der Waals surface area contributed by atoms with Gasteiger partial charge >= 0.3 is 5.97 Å². The number of carbonyl (C=O) groups excluding carboxylic acids is 1. The molecule has 6 nitrogen and oxygen atoms in total. The summed E-state index contributed by atoms with van der Waals surface area (Å²) in [5.74, 6) is 0.918. The molecule has 1 N–H and O–H groups in total. The molecule has 130 valence electrons. The number of benzene rings is 2. The molecule has 0 bridgehead atoms. The largest absolute Gasteiger partial charge is 0.493 e. The van der Waals surface area contributed by atoms with Gasteiger partial charge in [-0.15, -0.1) is 0 Å². The lowest BCUT2D eigenvalue weighted by Crippen LogP contribution is -2.06. The number of methoxy groups -OCH3 is 1. The van der Waals surface area contributed by atoms with Gasteiger partial charge in [-0.3, -0.25) is 4.79 Å². The maximum atomic E-state index is 11.5. The minimum Gasteiger partial charge on any atom is -0.493 e. The number of hydrogen-bond acceptors (Lipinski definition) is 5. The Balaban J connectivity index is 1.96. The van der Waals surface area contributed by atoms with Crippen molar-refractivity contribution in [2.75, 3.05) is 7.11 Å². The topological polar surface area (TPSA) is 88.0 Å². The van der Waals surface area contributed by atoms with E-state index in [2.05, 4.69) is 16.0 Å². The second-order valence-electron chi connectivity index (χ2n) is 5.51. The molecule has 3 rings (SSSR count). The maximum Gasteiger partial charge on any atom is 0.311 e. The summed E-state index contributed by atoms with van der Waals surface area (Å²) >= 11 is 0. The van der Waals surface area contributed by atoms with E-state index in [1.54, 1.807) is 31.2 Å². The summed E-state index contributed by atoms with van der Waals surface area (Å²) in [7, 11) is 1.50. The Morgan fingerprint density at radius 2 is 2.08 bits per heavy atom. The molecule has 26 heavy (non-hydrogen) atoms. The summed E-state index contributed by atoms with van der Waals surface area (Å²) in [5.41, 5.74) is 2.78. The van der Waals surface area contributed by atoms with Crippen molar-refractivity contribution in [3.05, 3.63) is 53.9 Å². The zero-order chi connectivity index (χ0) is 18.5. The molecule has 0 atom stereocenters. The van der Waals surface area contributed by atoms with Gasteiger partial charge < -0.3 is 14.5 Å². The number of allylic oxidation sites excluding steroid dienone is 1. The van der Waals surface area contributed by atoms with E-state index in [4.69, 9.17) is 9.47 Å². The van der Waals surface area contributed by atoms with Crippen LogP contribution in [0.4, 0.5) is 0 Å². The van der Waals surface area contributed by atoms with Gasteiger partial charge in [0.05, 0.1) is 23.7 Å². The van der Waals surface area contributed by atoms with Gasteiger partial charge in [-0.2, -0.15) is 5.26 Å². The minimum absolute atomic E-state index is 0.273. The summed E-state index contributed by atoms with van der Waals surface area (Å²) < 4.78 is 10.5. The highest BCUT2D eigenvalue weighted by molar-refractivity contribution is 5.90. The Morgan fingerprint density at radius 1 is 1.27 bits per heavy atom. The number of para-hydroxylation sites is 2. The smallest absolute Gasteiger partial charge is 0.311 e. The standard InChI is InChI=1S/C20H17N3O3/c1-3-19(24)26-17-9-8-13(11-18(17)25-2)10-14(12-21)20-22-15-6-4-5-7-16(15)23-20/h4-11H,3H2,1-2H3,(H,22,23). The summed E-state index contributed by atoms with van der Waals surface area (Å²) in [6.45, 7) is 1.72. The van der Waals surface area contributed by atoms with Crippen LogP contribution < -0.4 is 9.47 Å². The average Bonchev–Trinajstić information content (AvgIpc) is 3.10. The predicted octanol–water partition coefficient (Wildman–Crippen LogP) is 3.95.